The van der Waals surface area contributed by atoms with Crippen LogP contribution >= 0.6 is 11.3 Å². The maximum Gasteiger partial charge on any atom is 0.416 e. The summed E-state index contributed by atoms with van der Waals surface area (Å²) in [6.07, 6.45) is -3.02. The van der Waals surface area contributed by atoms with Gasteiger partial charge in [0.2, 0.25) is 5.91 Å². The van der Waals surface area contributed by atoms with Gasteiger partial charge in [0, 0.05) is 19.5 Å². The molecule has 9 heteroatoms. The fourth-order valence-electron chi connectivity index (χ4n) is 2.46. The van der Waals surface area contributed by atoms with Gasteiger partial charge in [-0.2, -0.15) is 13.2 Å². The molecular weight excluding hydrogens is 379 g/mol. The van der Waals surface area contributed by atoms with Gasteiger partial charge in [0.05, 0.1) is 35.3 Å². The molecular formula is C18H16F3N3O2S. The number of benzene rings is 1. The van der Waals surface area contributed by atoms with E-state index in [1.165, 1.54) is 23.7 Å². The summed E-state index contributed by atoms with van der Waals surface area (Å²) in [7, 11) is 3.38. The minimum absolute atomic E-state index is 0.0552. The minimum atomic E-state index is -4.49. The second-order valence-electron chi connectivity index (χ2n) is 5.97. The average Bonchev–Trinajstić information content (AvgIpc) is 3.24. The maximum atomic E-state index is 13.0. The van der Waals surface area contributed by atoms with E-state index in [0.717, 1.165) is 12.1 Å². The molecule has 0 bridgehead atoms. The molecule has 0 radical (unpaired) electrons. The Morgan fingerprint density at radius 1 is 1.30 bits per heavy atom. The SMILES string of the molecule is CN(C)c1ccc(C(F)(F)F)cc1NC(=O)Cc1csc(-c2ccco2)n1. The van der Waals surface area contributed by atoms with Gasteiger partial charge in [-0.15, -0.1) is 11.3 Å². The van der Waals surface area contributed by atoms with E-state index >= 15 is 0 Å². The van der Waals surface area contributed by atoms with Crippen molar-refractivity contribution in [1.82, 2.24) is 4.98 Å². The lowest BCUT2D eigenvalue weighted by Crippen LogP contribution is -2.19. The van der Waals surface area contributed by atoms with E-state index < -0.39 is 17.6 Å². The summed E-state index contributed by atoms with van der Waals surface area (Å²) in [5, 5.41) is 4.91. The molecule has 3 aromatic rings. The average molecular weight is 395 g/mol. The summed E-state index contributed by atoms with van der Waals surface area (Å²) in [5.41, 5.74) is 0.270. The molecule has 0 saturated heterocycles. The third-order valence-corrected chi connectivity index (χ3v) is 4.61. The van der Waals surface area contributed by atoms with Crippen molar-refractivity contribution in [3.05, 3.63) is 53.2 Å². The Morgan fingerprint density at radius 3 is 2.70 bits per heavy atom. The molecule has 0 aliphatic heterocycles. The molecule has 1 aromatic carbocycles. The smallest absolute Gasteiger partial charge is 0.416 e. The van der Waals surface area contributed by atoms with Crippen LogP contribution in [0.4, 0.5) is 24.5 Å². The Kier molecular flexibility index (Phi) is 5.22. The number of nitrogens with zero attached hydrogens (tertiary/aromatic N) is 2. The third-order valence-electron chi connectivity index (χ3n) is 3.71. The highest BCUT2D eigenvalue weighted by Crippen LogP contribution is 2.35. The number of alkyl halides is 3. The lowest BCUT2D eigenvalue weighted by atomic mass is 10.1. The number of hydrogen-bond donors (Lipinski definition) is 1. The summed E-state index contributed by atoms with van der Waals surface area (Å²) >= 11 is 1.33. The van der Waals surface area contributed by atoms with Gasteiger partial charge in [0.25, 0.3) is 0 Å². The first kappa shape index (κ1) is 19.0. The molecule has 0 spiro atoms. The predicted molar refractivity (Wildman–Crippen MR) is 97.9 cm³/mol. The molecule has 0 fully saturated rings. The van der Waals surface area contributed by atoms with Gasteiger partial charge < -0.3 is 14.6 Å². The second-order valence-corrected chi connectivity index (χ2v) is 6.83. The lowest BCUT2D eigenvalue weighted by Gasteiger charge is -2.19. The zero-order chi connectivity index (χ0) is 19.6. The lowest BCUT2D eigenvalue weighted by molar-refractivity contribution is -0.137. The van der Waals surface area contributed by atoms with E-state index in [2.05, 4.69) is 10.3 Å². The summed E-state index contributed by atoms with van der Waals surface area (Å²) < 4.78 is 44.2. The normalized spacial score (nSPS) is 11.4. The number of halogens is 3. The summed E-state index contributed by atoms with van der Waals surface area (Å²) in [5.74, 6) is 0.146. The fourth-order valence-corrected chi connectivity index (χ4v) is 3.25. The molecule has 27 heavy (non-hydrogen) atoms. The monoisotopic (exact) mass is 395 g/mol. The van der Waals surface area contributed by atoms with Crippen LogP contribution in [0, 0.1) is 0 Å². The molecule has 1 amide bonds. The van der Waals surface area contributed by atoms with Crippen molar-refractivity contribution in [3.8, 4) is 10.8 Å². The Morgan fingerprint density at radius 2 is 2.07 bits per heavy atom. The van der Waals surface area contributed by atoms with E-state index in [1.807, 2.05) is 0 Å². The van der Waals surface area contributed by atoms with Crippen molar-refractivity contribution >= 4 is 28.6 Å². The van der Waals surface area contributed by atoms with Crippen LogP contribution in [0.15, 0.2) is 46.4 Å². The van der Waals surface area contributed by atoms with E-state index in [4.69, 9.17) is 4.42 Å². The number of amides is 1. The zero-order valence-corrected chi connectivity index (χ0v) is 15.3. The predicted octanol–water partition coefficient (Wildman–Crippen LogP) is 4.67. The van der Waals surface area contributed by atoms with Gasteiger partial charge in [0.15, 0.2) is 10.8 Å². The van der Waals surface area contributed by atoms with Gasteiger partial charge in [0.1, 0.15) is 0 Å². The topological polar surface area (TPSA) is 58.4 Å². The van der Waals surface area contributed by atoms with E-state index in [0.29, 0.717) is 22.1 Å². The number of thiazole rings is 1. The first-order chi connectivity index (χ1) is 12.7. The Labute approximate surface area is 157 Å². The van der Waals surface area contributed by atoms with Crippen molar-refractivity contribution < 1.29 is 22.4 Å². The molecule has 0 atom stereocenters. The number of hydrogen-bond acceptors (Lipinski definition) is 5. The zero-order valence-electron chi connectivity index (χ0n) is 14.5. The number of nitrogens with one attached hydrogen (secondary N) is 1. The highest BCUT2D eigenvalue weighted by Gasteiger charge is 2.31. The number of rotatable bonds is 5. The molecule has 0 unspecified atom stereocenters. The summed E-state index contributed by atoms with van der Waals surface area (Å²) in [4.78, 5) is 18.3. The largest absolute Gasteiger partial charge is 0.462 e. The van der Waals surface area contributed by atoms with Crippen molar-refractivity contribution in [2.45, 2.75) is 12.6 Å². The molecule has 0 aliphatic rings. The van der Waals surface area contributed by atoms with Crippen molar-refractivity contribution in [1.29, 1.82) is 0 Å². The number of anilines is 2. The molecule has 142 valence electrons. The second kappa shape index (κ2) is 7.43. The Bertz CT molecular complexity index is 934. The van der Waals surface area contributed by atoms with Crippen LogP contribution in [0.3, 0.4) is 0 Å². The van der Waals surface area contributed by atoms with Gasteiger partial charge >= 0.3 is 6.18 Å². The molecule has 0 saturated carbocycles. The quantitative estimate of drug-likeness (QED) is 0.682. The van der Waals surface area contributed by atoms with Crippen LogP contribution in [0.2, 0.25) is 0 Å². The van der Waals surface area contributed by atoms with E-state index in [-0.39, 0.29) is 12.1 Å². The van der Waals surface area contributed by atoms with Gasteiger partial charge in [-0.25, -0.2) is 4.98 Å². The Hall–Kier alpha value is -2.81. The Balaban J connectivity index is 1.77. The molecule has 3 rings (SSSR count). The van der Waals surface area contributed by atoms with Crippen molar-refractivity contribution in [3.63, 3.8) is 0 Å². The van der Waals surface area contributed by atoms with Gasteiger partial charge in [-0.3, -0.25) is 4.79 Å². The minimum Gasteiger partial charge on any atom is -0.462 e. The molecule has 2 aromatic heterocycles. The van der Waals surface area contributed by atoms with Crippen LogP contribution < -0.4 is 10.2 Å². The fraction of sp³-hybridized carbons (Fsp3) is 0.222. The van der Waals surface area contributed by atoms with Crippen molar-refractivity contribution in [2.24, 2.45) is 0 Å². The van der Waals surface area contributed by atoms with Crippen LogP contribution in [0.1, 0.15) is 11.3 Å². The third kappa shape index (κ3) is 4.48. The maximum absolute atomic E-state index is 13.0. The highest BCUT2D eigenvalue weighted by molar-refractivity contribution is 7.13. The van der Waals surface area contributed by atoms with Gasteiger partial charge in [-0.05, 0) is 30.3 Å². The van der Waals surface area contributed by atoms with Crippen LogP contribution in [-0.4, -0.2) is 25.0 Å². The summed E-state index contributed by atoms with van der Waals surface area (Å²) in [6.45, 7) is 0. The number of carbonyl (C=O) groups is 1. The first-order valence-electron chi connectivity index (χ1n) is 7.91. The molecule has 1 N–H and O–H groups in total. The highest BCUT2D eigenvalue weighted by atomic mass is 32.1. The van der Waals surface area contributed by atoms with E-state index in [9.17, 15) is 18.0 Å². The molecule has 5 nitrogen and oxygen atoms in total. The molecule has 2 heterocycles. The number of aromatic nitrogens is 1. The van der Waals surface area contributed by atoms with Crippen LogP contribution in [-0.2, 0) is 17.4 Å². The summed E-state index contributed by atoms with van der Waals surface area (Å²) in [6, 6.07) is 6.74. The van der Waals surface area contributed by atoms with Crippen LogP contribution in [0.5, 0.6) is 0 Å². The molecule has 0 aliphatic carbocycles. The number of furan rings is 1. The van der Waals surface area contributed by atoms with Crippen molar-refractivity contribution in [2.75, 3.05) is 24.3 Å². The van der Waals surface area contributed by atoms with Crippen LogP contribution in [0.25, 0.3) is 10.8 Å². The van der Waals surface area contributed by atoms with E-state index in [1.54, 1.807) is 36.5 Å². The number of carbonyl (C=O) groups excluding carboxylic acids is 1. The first-order valence-corrected chi connectivity index (χ1v) is 8.78. The van der Waals surface area contributed by atoms with Gasteiger partial charge in [-0.1, -0.05) is 0 Å². The standard InChI is InChI=1S/C18H16F3N3O2S/c1-24(2)14-6-5-11(18(19,20)21)8-13(14)23-16(25)9-12-10-27-17(22-12)15-4-3-7-26-15/h3-8,10H,9H2,1-2H3,(H,23,25).